The van der Waals surface area contributed by atoms with Crippen molar-refractivity contribution < 1.29 is 17.9 Å². The molecule has 1 aliphatic heterocycles. The molecule has 1 atom stereocenters. The van der Waals surface area contributed by atoms with Gasteiger partial charge in [0.05, 0.1) is 24.2 Å². The smallest absolute Gasteiger partial charge is 0.237 e. The lowest BCUT2D eigenvalue weighted by molar-refractivity contribution is 0.332. The van der Waals surface area contributed by atoms with E-state index in [1.165, 1.54) is 0 Å². The molecule has 1 saturated heterocycles. The van der Waals surface area contributed by atoms with Crippen molar-refractivity contribution in [2.24, 2.45) is 0 Å². The number of anilines is 1. The molecule has 21 heavy (non-hydrogen) atoms. The molecule has 2 N–H and O–H groups in total. The molecule has 118 valence electrons. The van der Waals surface area contributed by atoms with Crippen LogP contribution in [-0.2, 0) is 10.0 Å². The molecule has 2 rings (SSSR count). The lowest BCUT2D eigenvalue weighted by Crippen LogP contribution is -2.29. The molecule has 1 fully saturated rings. The Morgan fingerprint density at radius 3 is 2.67 bits per heavy atom. The normalized spacial score (nSPS) is 18.5. The fourth-order valence-electron chi connectivity index (χ4n) is 2.26. The second kappa shape index (κ2) is 7.00. The SMILES string of the molecule is CCOc1ccc(OCC)c(NS(=O)(=O)C2CCNC2)c1. The van der Waals surface area contributed by atoms with E-state index in [0.29, 0.717) is 43.4 Å². The summed E-state index contributed by atoms with van der Waals surface area (Å²) in [6, 6.07) is 5.15. The van der Waals surface area contributed by atoms with Crippen LogP contribution in [0.3, 0.4) is 0 Å². The molecule has 1 aromatic carbocycles. The Bertz CT molecular complexity index is 568. The van der Waals surface area contributed by atoms with Crippen LogP contribution in [0.5, 0.6) is 11.5 Å². The Morgan fingerprint density at radius 2 is 2.05 bits per heavy atom. The first-order chi connectivity index (χ1) is 10.1. The number of ether oxygens (including phenoxy) is 2. The summed E-state index contributed by atoms with van der Waals surface area (Å²) in [4.78, 5) is 0. The van der Waals surface area contributed by atoms with Gasteiger partial charge in [0.15, 0.2) is 0 Å². The molecule has 1 unspecified atom stereocenters. The van der Waals surface area contributed by atoms with Crippen LogP contribution in [0.25, 0.3) is 0 Å². The largest absolute Gasteiger partial charge is 0.494 e. The van der Waals surface area contributed by atoms with Gasteiger partial charge in [0.1, 0.15) is 11.5 Å². The van der Waals surface area contributed by atoms with Crippen molar-refractivity contribution in [1.82, 2.24) is 5.32 Å². The number of sulfonamides is 1. The molecule has 1 aliphatic rings. The second-order valence-corrected chi connectivity index (χ2v) is 6.75. The Balaban J connectivity index is 2.25. The van der Waals surface area contributed by atoms with Crippen LogP contribution < -0.4 is 19.5 Å². The summed E-state index contributed by atoms with van der Waals surface area (Å²) in [5, 5.41) is 2.65. The molecule has 1 heterocycles. The summed E-state index contributed by atoms with van der Waals surface area (Å²) in [7, 11) is -3.43. The molecule has 0 bridgehead atoms. The fourth-order valence-corrected chi connectivity index (χ4v) is 3.65. The monoisotopic (exact) mass is 314 g/mol. The first-order valence-corrected chi connectivity index (χ1v) is 8.73. The molecule has 6 nitrogen and oxygen atoms in total. The maximum absolute atomic E-state index is 12.4. The fraction of sp³-hybridized carbons (Fsp3) is 0.571. The highest BCUT2D eigenvalue weighted by Crippen LogP contribution is 2.31. The van der Waals surface area contributed by atoms with Gasteiger partial charge in [-0.05, 0) is 38.9 Å². The van der Waals surface area contributed by atoms with Crippen molar-refractivity contribution in [2.75, 3.05) is 31.0 Å². The highest BCUT2D eigenvalue weighted by molar-refractivity contribution is 7.93. The average molecular weight is 314 g/mol. The van der Waals surface area contributed by atoms with Crippen molar-refractivity contribution in [3.05, 3.63) is 18.2 Å². The van der Waals surface area contributed by atoms with Gasteiger partial charge in [-0.25, -0.2) is 8.42 Å². The van der Waals surface area contributed by atoms with E-state index in [-0.39, 0.29) is 0 Å². The number of hydrogen-bond donors (Lipinski definition) is 2. The van der Waals surface area contributed by atoms with Gasteiger partial charge >= 0.3 is 0 Å². The predicted octanol–water partition coefficient (Wildman–Crippen LogP) is 1.59. The van der Waals surface area contributed by atoms with E-state index in [1.54, 1.807) is 18.2 Å². The maximum Gasteiger partial charge on any atom is 0.237 e. The Labute approximate surface area is 125 Å². The third-order valence-electron chi connectivity index (χ3n) is 3.27. The summed E-state index contributed by atoms with van der Waals surface area (Å²) in [5.74, 6) is 1.12. The zero-order valence-electron chi connectivity index (χ0n) is 12.4. The summed E-state index contributed by atoms with van der Waals surface area (Å²) in [5.41, 5.74) is 0.426. The molecule has 1 aromatic rings. The van der Waals surface area contributed by atoms with Crippen molar-refractivity contribution in [2.45, 2.75) is 25.5 Å². The first-order valence-electron chi connectivity index (χ1n) is 7.18. The van der Waals surface area contributed by atoms with Gasteiger partial charge in [-0.1, -0.05) is 0 Å². The van der Waals surface area contributed by atoms with E-state index < -0.39 is 15.3 Å². The van der Waals surface area contributed by atoms with Crippen LogP contribution in [0.1, 0.15) is 20.3 Å². The van der Waals surface area contributed by atoms with Gasteiger partial charge in [0.25, 0.3) is 0 Å². The summed E-state index contributed by atoms with van der Waals surface area (Å²) in [6.07, 6.45) is 0.616. The summed E-state index contributed by atoms with van der Waals surface area (Å²) < 4.78 is 38.3. The topological polar surface area (TPSA) is 76.7 Å². The van der Waals surface area contributed by atoms with Gasteiger partial charge in [-0.3, -0.25) is 4.72 Å². The van der Waals surface area contributed by atoms with Crippen LogP contribution >= 0.6 is 0 Å². The number of nitrogens with one attached hydrogen (secondary N) is 2. The van der Waals surface area contributed by atoms with Crippen molar-refractivity contribution in [3.8, 4) is 11.5 Å². The number of benzene rings is 1. The van der Waals surface area contributed by atoms with Gasteiger partial charge in [0, 0.05) is 12.6 Å². The summed E-state index contributed by atoms with van der Waals surface area (Å²) >= 11 is 0. The zero-order valence-corrected chi connectivity index (χ0v) is 13.2. The maximum atomic E-state index is 12.4. The van der Waals surface area contributed by atoms with Crippen LogP contribution in [-0.4, -0.2) is 40.0 Å². The molecular formula is C14H22N2O4S. The highest BCUT2D eigenvalue weighted by Gasteiger charge is 2.29. The van der Waals surface area contributed by atoms with Gasteiger partial charge < -0.3 is 14.8 Å². The van der Waals surface area contributed by atoms with Crippen molar-refractivity contribution in [3.63, 3.8) is 0 Å². The standard InChI is InChI=1S/C14H22N2O4S/c1-3-19-11-5-6-14(20-4-2)13(9-11)16-21(17,18)12-7-8-15-10-12/h5-6,9,12,15-16H,3-4,7-8,10H2,1-2H3. The van der Waals surface area contributed by atoms with Gasteiger partial charge in [0.2, 0.25) is 10.0 Å². The Kier molecular flexibility index (Phi) is 5.30. The number of rotatable bonds is 7. The molecular weight excluding hydrogens is 292 g/mol. The van der Waals surface area contributed by atoms with Crippen LogP contribution in [0.4, 0.5) is 5.69 Å². The van der Waals surface area contributed by atoms with E-state index >= 15 is 0 Å². The van der Waals surface area contributed by atoms with E-state index in [2.05, 4.69) is 10.0 Å². The molecule has 0 aromatic heterocycles. The van der Waals surface area contributed by atoms with E-state index in [1.807, 2.05) is 13.8 Å². The van der Waals surface area contributed by atoms with Crippen LogP contribution in [0, 0.1) is 0 Å². The van der Waals surface area contributed by atoms with Gasteiger partial charge in [-0.15, -0.1) is 0 Å². The summed E-state index contributed by atoms with van der Waals surface area (Å²) in [6.45, 7) is 5.92. The molecule has 0 spiro atoms. The highest BCUT2D eigenvalue weighted by atomic mass is 32.2. The predicted molar refractivity (Wildman–Crippen MR) is 82.6 cm³/mol. The van der Waals surface area contributed by atoms with E-state index in [0.717, 1.165) is 6.54 Å². The molecule has 7 heteroatoms. The number of hydrogen-bond acceptors (Lipinski definition) is 5. The molecule has 0 aliphatic carbocycles. The van der Waals surface area contributed by atoms with Crippen molar-refractivity contribution in [1.29, 1.82) is 0 Å². The minimum Gasteiger partial charge on any atom is -0.494 e. The third kappa shape index (κ3) is 4.01. The Hall–Kier alpha value is -1.47. The average Bonchev–Trinajstić information content (AvgIpc) is 2.97. The lowest BCUT2D eigenvalue weighted by atomic mass is 10.3. The lowest BCUT2D eigenvalue weighted by Gasteiger charge is -2.17. The quantitative estimate of drug-likeness (QED) is 0.799. The molecule has 0 radical (unpaired) electrons. The third-order valence-corrected chi connectivity index (χ3v) is 5.05. The van der Waals surface area contributed by atoms with E-state index in [4.69, 9.17) is 9.47 Å². The molecule has 0 saturated carbocycles. The van der Waals surface area contributed by atoms with Crippen molar-refractivity contribution >= 4 is 15.7 Å². The van der Waals surface area contributed by atoms with Crippen LogP contribution in [0.15, 0.2) is 18.2 Å². The first kappa shape index (κ1) is 15.9. The minimum atomic E-state index is -3.43. The van der Waals surface area contributed by atoms with E-state index in [9.17, 15) is 8.42 Å². The minimum absolute atomic E-state index is 0.414. The second-order valence-electron chi connectivity index (χ2n) is 4.79. The zero-order chi connectivity index (χ0) is 15.3. The molecule has 0 amide bonds. The van der Waals surface area contributed by atoms with Crippen LogP contribution in [0.2, 0.25) is 0 Å². The van der Waals surface area contributed by atoms with Gasteiger partial charge in [-0.2, -0.15) is 0 Å². The Morgan fingerprint density at radius 1 is 1.29 bits per heavy atom.